The van der Waals surface area contributed by atoms with E-state index in [2.05, 4.69) is 6.07 Å². The monoisotopic (exact) mass is 329 g/mol. The molecule has 0 N–H and O–H groups in total. The number of amides is 2. The van der Waals surface area contributed by atoms with E-state index < -0.39 is 11.2 Å². The molecule has 0 radical (unpaired) electrons. The van der Waals surface area contributed by atoms with Crippen LogP contribution < -0.4 is 0 Å². The predicted octanol–water partition coefficient (Wildman–Crippen LogP) is 2.19. The van der Waals surface area contributed by atoms with E-state index in [-0.39, 0.29) is 11.8 Å². The number of hydrogen-bond donors (Lipinski definition) is 0. The van der Waals surface area contributed by atoms with Gasteiger partial charge >= 0.3 is 0 Å². The molecule has 0 aromatic heterocycles. The molecular weight excluding hydrogens is 309 g/mol. The Labute approximate surface area is 140 Å². The number of nitriles is 1. The van der Waals surface area contributed by atoms with Crippen LogP contribution in [0, 0.1) is 22.6 Å². The number of halogens is 1. The number of benzene rings is 1. The van der Waals surface area contributed by atoms with Crippen molar-refractivity contribution in [3.8, 4) is 6.07 Å². The van der Waals surface area contributed by atoms with E-state index in [0.29, 0.717) is 44.6 Å². The molecule has 3 rings (SSSR count). The van der Waals surface area contributed by atoms with Crippen LogP contribution in [-0.4, -0.2) is 47.8 Å². The molecule has 1 aliphatic heterocycles. The summed E-state index contributed by atoms with van der Waals surface area (Å²) in [4.78, 5) is 28.4. The van der Waals surface area contributed by atoms with E-state index in [1.807, 2.05) is 0 Å². The van der Waals surface area contributed by atoms with E-state index in [0.717, 1.165) is 12.8 Å². The Bertz CT molecular complexity index is 684. The molecule has 0 bridgehead atoms. The summed E-state index contributed by atoms with van der Waals surface area (Å²) in [6.45, 7) is 1.65. The quantitative estimate of drug-likeness (QED) is 0.835. The van der Waals surface area contributed by atoms with Crippen molar-refractivity contribution in [1.29, 1.82) is 5.26 Å². The van der Waals surface area contributed by atoms with Crippen molar-refractivity contribution in [2.45, 2.75) is 25.7 Å². The molecule has 0 unspecified atom stereocenters. The minimum absolute atomic E-state index is 0.0969. The minimum atomic E-state index is -0.866. The molecule has 2 aliphatic rings. The molecular formula is C18H20FN3O2. The van der Waals surface area contributed by atoms with Gasteiger partial charge in [0.15, 0.2) is 0 Å². The molecule has 5 nitrogen and oxygen atoms in total. The molecule has 1 aromatic rings. The van der Waals surface area contributed by atoms with Crippen molar-refractivity contribution >= 4 is 11.8 Å². The van der Waals surface area contributed by atoms with Gasteiger partial charge in [0.25, 0.3) is 5.91 Å². The number of carbonyl (C=O) groups excluding carboxylic acids is 2. The first kappa shape index (κ1) is 16.4. The van der Waals surface area contributed by atoms with Crippen molar-refractivity contribution in [1.82, 2.24) is 9.80 Å². The normalized spacial score (nSPS) is 19.8. The highest BCUT2D eigenvalue weighted by Gasteiger charge is 2.44. The first-order chi connectivity index (χ1) is 11.6. The molecule has 2 amide bonds. The maximum Gasteiger partial charge on any atom is 0.254 e. The van der Waals surface area contributed by atoms with Crippen LogP contribution in [0.5, 0.6) is 0 Å². The molecule has 1 aliphatic carbocycles. The molecule has 2 fully saturated rings. The summed E-state index contributed by atoms with van der Waals surface area (Å²) in [6, 6.07) is 7.86. The highest BCUT2D eigenvalue weighted by Crippen LogP contribution is 2.39. The van der Waals surface area contributed by atoms with Crippen LogP contribution in [0.1, 0.15) is 36.0 Å². The summed E-state index contributed by atoms with van der Waals surface area (Å²) < 4.78 is 13.3. The van der Waals surface area contributed by atoms with Crippen LogP contribution in [0.2, 0.25) is 0 Å². The molecule has 0 atom stereocenters. The Balaban J connectivity index is 1.63. The Kier molecular flexibility index (Phi) is 4.52. The molecule has 1 saturated carbocycles. The summed E-state index contributed by atoms with van der Waals surface area (Å²) in [5, 5.41) is 9.43. The number of carbonyl (C=O) groups is 2. The van der Waals surface area contributed by atoms with Gasteiger partial charge in [0.1, 0.15) is 11.2 Å². The SMILES string of the molecule is N#CC1(C(=O)N2CCN(C(=O)c3cccc(F)c3)CC2)CCCC1. The second kappa shape index (κ2) is 6.60. The number of hydrogen-bond acceptors (Lipinski definition) is 3. The Morgan fingerprint density at radius 1 is 1.08 bits per heavy atom. The van der Waals surface area contributed by atoms with Gasteiger partial charge in [0, 0.05) is 31.7 Å². The van der Waals surface area contributed by atoms with Gasteiger partial charge in [0.05, 0.1) is 6.07 Å². The van der Waals surface area contributed by atoms with Gasteiger partial charge in [-0.2, -0.15) is 5.26 Å². The predicted molar refractivity (Wildman–Crippen MR) is 85.4 cm³/mol. The largest absolute Gasteiger partial charge is 0.338 e. The number of piperazine rings is 1. The van der Waals surface area contributed by atoms with Crippen LogP contribution in [0.15, 0.2) is 24.3 Å². The molecule has 1 heterocycles. The maximum absolute atomic E-state index is 13.3. The molecule has 1 saturated heterocycles. The highest BCUT2D eigenvalue weighted by molar-refractivity contribution is 5.94. The smallest absolute Gasteiger partial charge is 0.254 e. The third kappa shape index (κ3) is 2.99. The van der Waals surface area contributed by atoms with Gasteiger partial charge in [0.2, 0.25) is 5.91 Å². The lowest BCUT2D eigenvalue weighted by Crippen LogP contribution is -2.53. The lowest BCUT2D eigenvalue weighted by Gasteiger charge is -2.37. The summed E-state index contributed by atoms with van der Waals surface area (Å²) in [5.41, 5.74) is -0.548. The summed E-state index contributed by atoms with van der Waals surface area (Å²) in [6.07, 6.45) is 3.09. The minimum Gasteiger partial charge on any atom is -0.338 e. The number of nitrogens with zero attached hydrogens (tertiary/aromatic N) is 3. The van der Waals surface area contributed by atoms with E-state index in [9.17, 15) is 19.2 Å². The fourth-order valence-electron chi connectivity index (χ4n) is 3.57. The van der Waals surface area contributed by atoms with Crippen LogP contribution >= 0.6 is 0 Å². The molecule has 0 spiro atoms. The Hall–Kier alpha value is -2.42. The van der Waals surface area contributed by atoms with Gasteiger partial charge < -0.3 is 9.80 Å². The van der Waals surface area contributed by atoms with Crippen LogP contribution in [-0.2, 0) is 4.79 Å². The average molecular weight is 329 g/mol. The molecule has 6 heteroatoms. The zero-order valence-corrected chi connectivity index (χ0v) is 13.5. The Morgan fingerprint density at radius 2 is 1.71 bits per heavy atom. The first-order valence-corrected chi connectivity index (χ1v) is 8.31. The zero-order valence-electron chi connectivity index (χ0n) is 13.5. The van der Waals surface area contributed by atoms with Crippen molar-refractivity contribution in [3.05, 3.63) is 35.6 Å². The van der Waals surface area contributed by atoms with Crippen molar-refractivity contribution < 1.29 is 14.0 Å². The van der Waals surface area contributed by atoms with Crippen LogP contribution in [0.3, 0.4) is 0 Å². The third-order valence-electron chi connectivity index (χ3n) is 5.01. The van der Waals surface area contributed by atoms with Gasteiger partial charge in [-0.05, 0) is 31.0 Å². The topological polar surface area (TPSA) is 64.4 Å². The summed E-state index contributed by atoms with van der Waals surface area (Å²) in [7, 11) is 0. The van der Waals surface area contributed by atoms with E-state index in [1.165, 1.54) is 18.2 Å². The maximum atomic E-state index is 13.3. The Morgan fingerprint density at radius 3 is 2.29 bits per heavy atom. The lowest BCUT2D eigenvalue weighted by molar-refractivity contribution is -0.140. The second-order valence-corrected chi connectivity index (χ2v) is 6.50. The third-order valence-corrected chi connectivity index (χ3v) is 5.01. The van der Waals surface area contributed by atoms with E-state index >= 15 is 0 Å². The fraction of sp³-hybridized carbons (Fsp3) is 0.500. The molecule has 1 aromatic carbocycles. The molecule has 126 valence electrons. The van der Waals surface area contributed by atoms with E-state index in [1.54, 1.807) is 15.9 Å². The standard InChI is InChI=1S/C18H20FN3O2/c19-15-5-3-4-14(12-15)16(23)21-8-10-22(11-9-21)17(24)18(13-20)6-1-2-7-18/h3-5,12H,1-2,6-11H2. The van der Waals surface area contributed by atoms with Gasteiger partial charge in [-0.15, -0.1) is 0 Å². The highest BCUT2D eigenvalue weighted by atomic mass is 19.1. The zero-order chi connectivity index (χ0) is 17.2. The number of rotatable bonds is 2. The van der Waals surface area contributed by atoms with Crippen molar-refractivity contribution in [2.75, 3.05) is 26.2 Å². The van der Waals surface area contributed by atoms with Gasteiger partial charge in [-0.25, -0.2) is 4.39 Å². The van der Waals surface area contributed by atoms with Crippen LogP contribution in [0.25, 0.3) is 0 Å². The van der Waals surface area contributed by atoms with Gasteiger partial charge in [-0.3, -0.25) is 9.59 Å². The fourth-order valence-corrected chi connectivity index (χ4v) is 3.57. The van der Waals surface area contributed by atoms with Crippen LogP contribution in [0.4, 0.5) is 4.39 Å². The summed E-state index contributed by atoms with van der Waals surface area (Å²) in [5.74, 6) is -0.760. The van der Waals surface area contributed by atoms with E-state index in [4.69, 9.17) is 0 Å². The van der Waals surface area contributed by atoms with Gasteiger partial charge in [-0.1, -0.05) is 18.9 Å². The summed E-state index contributed by atoms with van der Waals surface area (Å²) >= 11 is 0. The second-order valence-electron chi connectivity index (χ2n) is 6.50. The van der Waals surface area contributed by atoms with Crippen molar-refractivity contribution in [3.63, 3.8) is 0 Å². The lowest BCUT2D eigenvalue weighted by atomic mass is 9.86. The molecule has 24 heavy (non-hydrogen) atoms. The first-order valence-electron chi connectivity index (χ1n) is 8.31. The van der Waals surface area contributed by atoms with Crippen molar-refractivity contribution in [2.24, 2.45) is 5.41 Å². The average Bonchev–Trinajstić information content (AvgIpc) is 3.11.